The fourth-order valence-electron chi connectivity index (χ4n) is 3.04. The molecule has 1 saturated heterocycles. The molecule has 1 amide bonds. The maximum Gasteiger partial charge on any atom is 0.225 e. The summed E-state index contributed by atoms with van der Waals surface area (Å²) >= 11 is 0. The highest BCUT2D eigenvalue weighted by molar-refractivity contribution is 5.81. The van der Waals surface area contributed by atoms with Gasteiger partial charge in [-0.15, -0.1) is 0 Å². The summed E-state index contributed by atoms with van der Waals surface area (Å²) in [6, 6.07) is 0. The molecule has 0 aromatic heterocycles. The zero-order chi connectivity index (χ0) is 18.9. The molecule has 1 atom stereocenters. The summed E-state index contributed by atoms with van der Waals surface area (Å²) in [4.78, 5) is 21.5. The molecule has 6 nitrogen and oxygen atoms in total. The molecule has 6 heteroatoms. The maximum atomic E-state index is 11.9. The van der Waals surface area contributed by atoms with Crippen molar-refractivity contribution in [1.82, 2.24) is 20.4 Å². The lowest BCUT2D eigenvalue weighted by Gasteiger charge is -2.24. The second kappa shape index (κ2) is 10.6. The number of nitrogens with zero attached hydrogens (tertiary/aromatic N) is 3. The summed E-state index contributed by atoms with van der Waals surface area (Å²) < 4.78 is 0. The van der Waals surface area contributed by atoms with Gasteiger partial charge < -0.3 is 20.4 Å². The standard InChI is InChI=1S/C19H39N5O/c1-7-20-18(22-12-11-21-17(25)19(4,5)6)24-13-10-16(15-24)14-23(8-2)9-3/h16H,7-15H2,1-6H3,(H,20,22)(H,21,25). The zero-order valence-corrected chi connectivity index (χ0v) is 17.2. The lowest BCUT2D eigenvalue weighted by atomic mass is 9.96. The minimum atomic E-state index is -0.346. The predicted octanol–water partition coefficient (Wildman–Crippen LogP) is 1.78. The summed E-state index contributed by atoms with van der Waals surface area (Å²) in [7, 11) is 0. The molecule has 1 aliphatic rings. The van der Waals surface area contributed by atoms with E-state index in [0.29, 0.717) is 19.0 Å². The number of aliphatic imine (C=N–C) groups is 1. The van der Waals surface area contributed by atoms with E-state index >= 15 is 0 Å². The molecule has 0 saturated carbocycles. The normalized spacial score (nSPS) is 18.8. The second-order valence-corrected chi connectivity index (χ2v) is 7.83. The number of nitrogens with one attached hydrogen (secondary N) is 2. The van der Waals surface area contributed by atoms with Crippen molar-refractivity contribution in [1.29, 1.82) is 0 Å². The average Bonchev–Trinajstić information content (AvgIpc) is 3.02. The lowest BCUT2D eigenvalue weighted by molar-refractivity contribution is -0.128. The molecule has 1 rings (SSSR count). The van der Waals surface area contributed by atoms with E-state index < -0.39 is 0 Å². The fraction of sp³-hybridized carbons (Fsp3) is 0.895. The highest BCUT2D eigenvalue weighted by Gasteiger charge is 2.26. The predicted molar refractivity (Wildman–Crippen MR) is 106 cm³/mol. The van der Waals surface area contributed by atoms with Crippen LogP contribution in [-0.2, 0) is 4.79 Å². The molecule has 1 unspecified atom stereocenters. The van der Waals surface area contributed by atoms with E-state index in [1.807, 2.05) is 20.8 Å². The van der Waals surface area contributed by atoms with Gasteiger partial charge in [0.25, 0.3) is 0 Å². The Morgan fingerprint density at radius 3 is 2.44 bits per heavy atom. The van der Waals surface area contributed by atoms with Crippen LogP contribution in [0, 0.1) is 11.3 Å². The largest absolute Gasteiger partial charge is 0.357 e. The topological polar surface area (TPSA) is 60.0 Å². The van der Waals surface area contributed by atoms with Crippen molar-refractivity contribution in [2.75, 3.05) is 52.4 Å². The molecular weight excluding hydrogens is 314 g/mol. The smallest absolute Gasteiger partial charge is 0.225 e. The van der Waals surface area contributed by atoms with Crippen LogP contribution in [0.1, 0.15) is 48.0 Å². The van der Waals surface area contributed by atoms with E-state index in [1.165, 1.54) is 13.0 Å². The van der Waals surface area contributed by atoms with Crippen molar-refractivity contribution in [3.8, 4) is 0 Å². The minimum Gasteiger partial charge on any atom is -0.357 e. The van der Waals surface area contributed by atoms with Crippen LogP contribution >= 0.6 is 0 Å². The van der Waals surface area contributed by atoms with Gasteiger partial charge in [-0.05, 0) is 32.4 Å². The third-order valence-corrected chi connectivity index (χ3v) is 4.67. The Bertz CT molecular complexity index is 426. The molecule has 25 heavy (non-hydrogen) atoms. The van der Waals surface area contributed by atoms with Crippen molar-refractivity contribution >= 4 is 11.9 Å². The molecular formula is C19H39N5O. The highest BCUT2D eigenvalue weighted by Crippen LogP contribution is 2.17. The quantitative estimate of drug-likeness (QED) is 0.397. The molecule has 1 heterocycles. The summed E-state index contributed by atoms with van der Waals surface area (Å²) in [6.45, 7) is 19.9. The van der Waals surface area contributed by atoms with E-state index in [2.05, 4.69) is 41.2 Å². The van der Waals surface area contributed by atoms with E-state index in [9.17, 15) is 4.79 Å². The van der Waals surface area contributed by atoms with Crippen molar-refractivity contribution < 1.29 is 4.79 Å². The lowest BCUT2D eigenvalue weighted by Crippen LogP contribution is -2.41. The Kier molecular flexibility index (Phi) is 9.25. The minimum absolute atomic E-state index is 0.0770. The fourth-order valence-corrected chi connectivity index (χ4v) is 3.04. The molecule has 0 bridgehead atoms. The highest BCUT2D eigenvalue weighted by atomic mass is 16.2. The molecule has 0 aromatic rings. The Morgan fingerprint density at radius 1 is 1.20 bits per heavy atom. The third kappa shape index (κ3) is 7.63. The summed E-state index contributed by atoms with van der Waals surface area (Å²) in [5.41, 5.74) is -0.346. The Balaban J connectivity index is 2.49. The summed E-state index contributed by atoms with van der Waals surface area (Å²) in [5, 5.41) is 6.36. The summed E-state index contributed by atoms with van der Waals surface area (Å²) in [5.74, 6) is 1.77. The van der Waals surface area contributed by atoms with E-state index in [4.69, 9.17) is 4.99 Å². The van der Waals surface area contributed by atoms with Gasteiger partial charge in [-0.1, -0.05) is 34.6 Å². The van der Waals surface area contributed by atoms with E-state index in [-0.39, 0.29) is 11.3 Å². The van der Waals surface area contributed by atoms with Crippen molar-refractivity contribution in [3.63, 3.8) is 0 Å². The van der Waals surface area contributed by atoms with Crippen LogP contribution < -0.4 is 10.6 Å². The second-order valence-electron chi connectivity index (χ2n) is 7.83. The first kappa shape index (κ1) is 21.7. The average molecular weight is 354 g/mol. The van der Waals surface area contributed by atoms with E-state index in [1.54, 1.807) is 0 Å². The van der Waals surface area contributed by atoms with Crippen molar-refractivity contribution in [3.05, 3.63) is 0 Å². The van der Waals surface area contributed by atoms with Crippen molar-refractivity contribution in [2.24, 2.45) is 16.3 Å². The molecule has 0 spiro atoms. The van der Waals surface area contributed by atoms with Gasteiger partial charge in [0.05, 0.1) is 6.54 Å². The van der Waals surface area contributed by atoms with Gasteiger partial charge in [0, 0.05) is 38.1 Å². The Morgan fingerprint density at radius 2 is 1.88 bits per heavy atom. The number of hydrogen-bond donors (Lipinski definition) is 2. The number of amides is 1. The Hall–Kier alpha value is -1.30. The number of rotatable bonds is 8. The first-order valence-corrected chi connectivity index (χ1v) is 9.85. The monoisotopic (exact) mass is 353 g/mol. The van der Waals surface area contributed by atoms with Crippen LogP contribution in [0.3, 0.4) is 0 Å². The first-order valence-electron chi connectivity index (χ1n) is 9.85. The third-order valence-electron chi connectivity index (χ3n) is 4.67. The van der Waals surface area contributed by atoms with Crippen LogP contribution in [-0.4, -0.2) is 74.0 Å². The molecule has 1 fully saturated rings. The van der Waals surface area contributed by atoms with Gasteiger partial charge in [0.1, 0.15) is 0 Å². The molecule has 0 radical (unpaired) electrons. The van der Waals surface area contributed by atoms with E-state index in [0.717, 1.165) is 38.7 Å². The van der Waals surface area contributed by atoms with Gasteiger partial charge in [-0.2, -0.15) is 0 Å². The molecule has 0 aromatic carbocycles. The maximum absolute atomic E-state index is 11.9. The van der Waals surface area contributed by atoms with Crippen LogP contribution in [0.15, 0.2) is 4.99 Å². The number of likely N-dealkylation sites (tertiary alicyclic amines) is 1. The van der Waals surface area contributed by atoms with Gasteiger partial charge in [-0.25, -0.2) is 0 Å². The number of carbonyl (C=O) groups is 1. The number of guanidine groups is 1. The van der Waals surface area contributed by atoms with Crippen LogP contribution in [0.2, 0.25) is 0 Å². The van der Waals surface area contributed by atoms with Gasteiger partial charge in [0.15, 0.2) is 5.96 Å². The molecule has 1 aliphatic heterocycles. The molecule has 146 valence electrons. The molecule has 0 aliphatic carbocycles. The number of hydrogen-bond acceptors (Lipinski definition) is 3. The van der Waals surface area contributed by atoms with Crippen molar-refractivity contribution in [2.45, 2.75) is 48.0 Å². The van der Waals surface area contributed by atoms with Crippen LogP contribution in [0.25, 0.3) is 0 Å². The van der Waals surface area contributed by atoms with Crippen LogP contribution in [0.5, 0.6) is 0 Å². The SMILES string of the molecule is CCNC(=NCCNC(=O)C(C)(C)C)N1CCC(CN(CC)CC)C1. The summed E-state index contributed by atoms with van der Waals surface area (Å²) in [6.07, 6.45) is 1.22. The van der Waals surface area contributed by atoms with Gasteiger partial charge in [-0.3, -0.25) is 9.79 Å². The first-order chi connectivity index (χ1) is 11.8. The zero-order valence-electron chi connectivity index (χ0n) is 17.2. The number of carbonyl (C=O) groups excluding carboxylic acids is 1. The van der Waals surface area contributed by atoms with Crippen LogP contribution in [0.4, 0.5) is 0 Å². The van der Waals surface area contributed by atoms with Gasteiger partial charge >= 0.3 is 0 Å². The Labute approximate surface area is 154 Å². The van der Waals surface area contributed by atoms with Gasteiger partial charge in [0.2, 0.25) is 5.91 Å². The molecule has 2 N–H and O–H groups in total.